The summed E-state index contributed by atoms with van der Waals surface area (Å²) >= 11 is 0. The molecule has 0 saturated heterocycles. The Hall–Kier alpha value is -3.28. The van der Waals surface area contributed by atoms with Gasteiger partial charge in [0.25, 0.3) is 0 Å². The number of nitrogens with one attached hydrogen (secondary N) is 1. The molecule has 1 heterocycles. The van der Waals surface area contributed by atoms with E-state index in [2.05, 4.69) is 5.32 Å². The number of hydrogen-bond donors (Lipinski definition) is 1. The van der Waals surface area contributed by atoms with Crippen molar-refractivity contribution in [2.45, 2.75) is 19.9 Å². The zero-order valence-corrected chi connectivity index (χ0v) is 16.6. The lowest BCUT2D eigenvalue weighted by atomic mass is 9.94. The smallest absolute Gasteiger partial charge is 0.338 e. The van der Waals surface area contributed by atoms with E-state index in [0.717, 1.165) is 11.3 Å². The Balaban J connectivity index is 2.08. The zero-order chi connectivity index (χ0) is 20.3. The number of hydrogen-bond acceptors (Lipinski definition) is 4. The van der Waals surface area contributed by atoms with Gasteiger partial charge in [-0.25, -0.2) is 9.59 Å². The molecule has 0 unspecified atom stereocenters. The van der Waals surface area contributed by atoms with Crippen molar-refractivity contribution in [1.82, 2.24) is 5.32 Å². The number of amides is 2. The third-order valence-corrected chi connectivity index (χ3v) is 4.74. The van der Waals surface area contributed by atoms with Crippen LogP contribution in [0.1, 0.15) is 25.5 Å². The molecule has 3 rings (SSSR count). The SMILES string of the molecule is CCOC(=O)C1=C(C)N(c2ccccc2)C(=O)N[C@@H]1c1ccc(N(C)C)cc1. The van der Waals surface area contributed by atoms with Crippen LogP contribution in [0.2, 0.25) is 0 Å². The Morgan fingerprint density at radius 2 is 1.75 bits per heavy atom. The fraction of sp³-hybridized carbons (Fsp3) is 0.273. The fourth-order valence-electron chi connectivity index (χ4n) is 3.32. The second-order valence-electron chi connectivity index (χ2n) is 6.76. The molecule has 0 spiro atoms. The predicted molar refractivity (Wildman–Crippen MR) is 110 cm³/mol. The summed E-state index contributed by atoms with van der Waals surface area (Å²) in [6.45, 7) is 3.81. The van der Waals surface area contributed by atoms with Crippen molar-refractivity contribution in [2.75, 3.05) is 30.5 Å². The summed E-state index contributed by atoms with van der Waals surface area (Å²) in [5, 5.41) is 2.96. The molecule has 0 radical (unpaired) electrons. The Kier molecular flexibility index (Phi) is 5.68. The van der Waals surface area contributed by atoms with Crippen LogP contribution in [0.4, 0.5) is 16.2 Å². The number of anilines is 2. The Morgan fingerprint density at radius 1 is 1.11 bits per heavy atom. The first-order chi connectivity index (χ1) is 13.4. The van der Waals surface area contributed by atoms with E-state index in [1.165, 1.54) is 4.90 Å². The topological polar surface area (TPSA) is 61.9 Å². The van der Waals surface area contributed by atoms with Crippen LogP contribution < -0.4 is 15.1 Å². The van der Waals surface area contributed by atoms with E-state index in [0.29, 0.717) is 17.0 Å². The van der Waals surface area contributed by atoms with Crippen LogP contribution in [0.3, 0.4) is 0 Å². The van der Waals surface area contributed by atoms with Gasteiger partial charge in [-0.1, -0.05) is 30.3 Å². The molecule has 2 amide bonds. The maximum atomic E-state index is 12.9. The molecule has 6 nitrogen and oxygen atoms in total. The second kappa shape index (κ2) is 8.17. The van der Waals surface area contributed by atoms with Gasteiger partial charge in [0.1, 0.15) is 0 Å². The van der Waals surface area contributed by atoms with E-state index in [1.807, 2.05) is 73.6 Å². The van der Waals surface area contributed by atoms with E-state index < -0.39 is 12.0 Å². The minimum atomic E-state index is -0.567. The second-order valence-corrected chi connectivity index (χ2v) is 6.76. The van der Waals surface area contributed by atoms with Crippen LogP contribution in [0.5, 0.6) is 0 Å². The lowest BCUT2D eigenvalue weighted by Crippen LogP contribution is -2.48. The molecule has 146 valence electrons. The van der Waals surface area contributed by atoms with Gasteiger partial charge in [-0.3, -0.25) is 4.90 Å². The van der Waals surface area contributed by atoms with Crippen molar-refractivity contribution in [3.8, 4) is 0 Å². The van der Waals surface area contributed by atoms with Crippen LogP contribution in [0.25, 0.3) is 0 Å². The summed E-state index contributed by atoms with van der Waals surface area (Å²) in [7, 11) is 3.92. The highest BCUT2D eigenvalue weighted by Crippen LogP contribution is 2.34. The van der Waals surface area contributed by atoms with Crippen LogP contribution in [0, 0.1) is 0 Å². The minimum Gasteiger partial charge on any atom is -0.463 e. The maximum absolute atomic E-state index is 12.9. The van der Waals surface area contributed by atoms with E-state index in [9.17, 15) is 9.59 Å². The molecule has 6 heteroatoms. The van der Waals surface area contributed by atoms with E-state index in [1.54, 1.807) is 13.8 Å². The number of carbonyl (C=O) groups is 2. The number of nitrogens with zero attached hydrogens (tertiary/aromatic N) is 2. The number of carbonyl (C=O) groups excluding carboxylic acids is 2. The first-order valence-corrected chi connectivity index (χ1v) is 9.25. The van der Waals surface area contributed by atoms with Gasteiger partial charge in [-0.2, -0.15) is 0 Å². The van der Waals surface area contributed by atoms with Gasteiger partial charge < -0.3 is 15.0 Å². The van der Waals surface area contributed by atoms with E-state index >= 15 is 0 Å². The van der Waals surface area contributed by atoms with Crippen molar-refractivity contribution in [2.24, 2.45) is 0 Å². The highest BCUT2D eigenvalue weighted by atomic mass is 16.5. The normalized spacial score (nSPS) is 16.6. The van der Waals surface area contributed by atoms with Crippen LogP contribution in [-0.4, -0.2) is 32.7 Å². The molecular weight excluding hydrogens is 354 g/mol. The van der Waals surface area contributed by atoms with E-state index in [-0.39, 0.29) is 12.6 Å². The van der Waals surface area contributed by atoms with Gasteiger partial charge in [0.2, 0.25) is 0 Å². The molecular formula is C22H25N3O3. The minimum absolute atomic E-state index is 0.265. The van der Waals surface area contributed by atoms with Crippen molar-refractivity contribution in [1.29, 1.82) is 0 Å². The largest absolute Gasteiger partial charge is 0.463 e. The third kappa shape index (κ3) is 3.71. The molecule has 2 aromatic carbocycles. The number of allylic oxidation sites excluding steroid dienone is 1. The number of para-hydroxylation sites is 1. The number of ether oxygens (including phenoxy) is 1. The van der Waals surface area contributed by atoms with Crippen molar-refractivity contribution in [3.63, 3.8) is 0 Å². The highest BCUT2D eigenvalue weighted by molar-refractivity contribution is 6.03. The Bertz CT molecular complexity index is 889. The standard InChI is InChI=1S/C22H25N3O3/c1-5-28-21(26)19-15(2)25(18-9-7-6-8-10-18)22(27)23-20(19)16-11-13-17(14-12-16)24(3)4/h6-14,20H,5H2,1-4H3,(H,23,27)/t20-/m1/s1. The zero-order valence-electron chi connectivity index (χ0n) is 16.6. The third-order valence-electron chi connectivity index (χ3n) is 4.74. The summed E-state index contributed by atoms with van der Waals surface area (Å²) in [5.74, 6) is -0.428. The number of esters is 1. The molecule has 0 fully saturated rings. The summed E-state index contributed by atoms with van der Waals surface area (Å²) in [5.41, 5.74) is 3.56. The van der Waals surface area contributed by atoms with Crippen LogP contribution in [0.15, 0.2) is 65.9 Å². The molecule has 2 aromatic rings. The number of benzene rings is 2. The van der Waals surface area contributed by atoms with Gasteiger partial charge >= 0.3 is 12.0 Å². The molecule has 1 N–H and O–H groups in total. The lowest BCUT2D eigenvalue weighted by molar-refractivity contribution is -0.139. The van der Waals surface area contributed by atoms with Crippen LogP contribution in [-0.2, 0) is 9.53 Å². The van der Waals surface area contributed by atoms with Gasteiger partial charge in [-0.15, -0.1) is 0 Å². The van der Waals surface area contributed by atoms with Crippen molar-refractivity contribution >= 4 is 23.4 Å². The monoisotopic (exact) mass is 379 g/mol. The quantitative estimate of drug-likeness (QED) is 0.802. The molecule has 0 bridgehead atoms. The molecule has 1 aliphatic rings. The molecule has 1 aliphatic heterocycles. The summed E-state index contributed by atoms with van der Waals surface area (Å²) < 4.78 is 5.30. The van der Waals surface area contributed by atoms with Crippen molar-refractivity contribution in [3.05, 3.63) is 71.4 Å². The van der Waals surface area contributed by atoms with Gasteiger partial charge in [-0.05, 0) is 43.7 Å². The van der Waals surface area contributed by atoms with Gasteiger partial charge in [0, 0.05) is 25.5 Å². The first-order valence-electron chi connectivity index (χ1n) is 9.25. The average Bonchev–Trinajstić information content (AvgIpc) is 2.68. The average molecular weight is 379 g/mol. The molecule has 28 heavy (non-hydrogen) atoms. The number of urea groups is 1. The molecule has 1 atom stereocenters. The fourth-order valence-corrected chi connectivity index (χ4v) is 3.32. The predicted octanol–water partition coefficient (Wildman–Crippen LogP) is 3.86. The van der Waals surface area contributed by atoms with Gasteiger partial charge in [0.15, 0.2) is 0 Å². The van der Waals surface area contributed by atoms with Crippen molar-refractivity contribution < 1.29 is 14.3 Å². The Morgan fingerprint density at radius 3 is 2.32 bits per heavy atom. The Labute approximate surface area is 165 Å². The van der Waals surface area contributed by atoms with Gasteiger partial charge in [0.05, 0.1) is 23.9 Å². The summed E-state index contributed by atoms with van der Waals surface area (Å²) in [6, 6.07) is 16.2. The highest BCUT2D eigenvalue weighted by Gasteiger charge is 2.37. The molecule has 0 aromatic heterocycles. The number of rotatable bonds is 5. The maximum Gasteiger partial charge on any atom is 0.338 e. The summed E-state index contributed by atoms with van der Waals surface area (Å²) in [6.07, 6.45) is 0. The molecule has 0 aliphatic carbocycles. The first kappa shape index (κ1) is 19.5. The van der Waals surface area contributed by atoms with E-state index in [4.69, 9.17) is 4.74 Å². The summed E-state index contributed by atoms with van der Waals surface area (Å²) in [4.78, 5) is 29.2. The lowest BCUT2D eigenvalue weighted by Gasteiger charge is -2.35. The molecule has 0 saturated carbocycles. The van der Waals surface area contributed by atoms with Crippen LogP contribution >= 0.6 is 0 Å².